The van der Waals surface area contributed by atoms with Crippen molar-refractivity contribution in [3.8, 4) is 0 Å². The molecule has 18 heavy (non-hydrogen) atoms. The topological polar surface area (TPSA) is 56.2 Å². The van der Waals surface area contributed by atoms with E-state index in [0.29, 0.717) is 11.8 Å². The van der Waals surface area contributed by atoms with Gasteiger partial charge in [0.05, 0.1) is 23.7 Å². The molecule has 2 rings (SSSR count). The van der Waals surface area contributed by atoms with Gasteiger partial charge in [-0.3, -0.25) is 0 Å². The van der Waals surface area contributed by atoms with Crippen molar-refractivity contribution in [1.82, 2.24) is 9.66 Å². The minimum atomic E-state index is -1.30. The van der Waals surface area contributed by atoms with E-state index < -0.39 is 23.0 Å². The smallest absolute Gasteiger partial charge is 0.221 e. The van der Waals surface area contributed by atoms with Crippen LogP contribution in [0.5, 0.6) is 0 Å². The fourth-order valence-corrected chi connectivity index (χ4v) is 1.38. The highest BCUT2D eigenvalue weighted by Gasteiger charge is 2.11. The summed E-state index contributed by atoms with van der Waals surface area (Å²) in [4.78, 5) is 3.85. The number of aryl methyl sites for hydroxylation is 1. The fourth-order valence-electron chi connectivity index (χ4n) is 1.38. The van der Waals surface area contributed by atoms with Gasteiger partial charge >= 0.3 is 0 Å². The number of nitrogen functional groups attached to an aromatic ring is 1. The number of aromatic nitrogens is 2. The van der Waals surface area contributed by atoms with E-state index in [1.54, 1.807) is 6.92 Å². The molecule has 0 aliphatic heterocycles. The second-order valence-corrected chi connectivity index (χ2v) is 3.59. The first-order chi connectivity index (χ1) is 8.49. The lowest BCUT2D eigenvalue weighted by molar-refractivity contribution is 0.493. The molecule has 0 bridgehead atoms. The van der Waals surface area contributed by atoms with E-state index in [2.05, 4.69) is 10.1 Å². The van der Waals surface area contributed by atoms with Crippen LogP contribution in [0.2, 0.25) is 0 Å². The largest absolute Gasteiger partial charge is 0.368 e. The molecular weight excluding hydrogens is 245 g/mol. The zero-order valence-corrected chi connectivity index (χ0v) is 9.36. The third-order valence-electron chi connectivity index (χ3n) is 2.23. The molecule has 4 nitrogen and oxygen atoms in total. The van der Waals surface area contributed by atoms with Gasteiger partial charge in [0.1, 0.15) is 5.82 Å². The Bertz CT molecular complexity index is 619. The quantitative estimate of drug-likeness (QED) is 0.659. The highest BCUT2D eigenvalue weighted by atomic mass is 19.2. The van der Waals surface area contributed by atoms with Crippen LogP contribution in [0.1, 0.15) is 11.3 Å². The molecule has 0 atom stereocenters. The molecule has 0 spiro atoms. The van der Waals surface area contributed by atoms with Crippen molar-refractivity contribution in [3.05, 3.63) is 47.0 Å². The molecule has 0 saturated heterocycles. The fraction of sp³-hybridized carbons (Fsp3) is 0.0909. The van der Waals surface area contributed by atoms with Crippen molar-refractivity contribution >= 4 is 12.2 Å². The average molecular weight is 254 g/mol. The maximum atomic E-state index is 13.3. The van der Waals surface area contributed by atoms with Gasteiger partial charge in [-0.2, -0.15) is 5.10 Å². The third-order valence-corrected chi connectivity index (χ3v) is 2.23. The Morgan fingerprint density at radius 1 is 1.28 bits per heavy atom. The second kappa shape index (κ2) is 4.52. The number of hydrogen-bond donors (Lipinski definition) is 1. The Labute approximate surface area is 101 Å². The SMILES string of the molecule is Cc1cn(N=Cc2c(F)ccc(F)c2F)c(N)n1. The Hall–Kier alpha value is -2.31. The summed E-state index contributed by atoms with van der Waals surface area (Å²) in [5.74, 6) is -3.28. The van der Waals surface area contributed by atoms with Crippen LogP contribution < -0.4 is 5.73 Å². The number of halogens is 3. The van der Waals surface area contributed by atoms with Gasteiger partial charge < -0.3 is 5.73 Å². The maximum Gasteiger partial charge on any atom is 0.221 e. The third kappa shape index (κ3) is 2.20. The summed E-state index contributed by atoms with van der Waals surface area (Å²) in [5, 5.41) is 3.72. The van der Waals surface area contributed by atoms with E-state index in [0.717, 1.165) is 17.0 Å². The molecule has 0 aliphatic carbocycles. The molecule has 1 aromatic heterocycles. The van der Waals surface area contributed by atoms with Crippen LogP contribution in [0.3, 0.4) is 0 Å². The number of imidazole rings is 1. The molecule has 0 amide bonds. The van der Waals surface area contributed by atoms with Crippen LogP contribution in [-0.4, -0.2) is 15.9 Å². The van der Waals surface area contributed by atoms with Gasteiger partial charge in [-0.05, 0) is 19.1 Å². The highest BCUT2D eigenvalue weighted by molar-refractivity contribution is 5.80. The normalized spacial score (nSPS) is 11.3. The Kier molecular flexibility index (Phi) is 3.05. The van der Waals surface area contributed by atoms with Crippen molar-refractivity contribution < 1.29 is 13.2 Å². The summed E-state index contributed by atoms with van der Waals surface area (Å²) in [6.07, 6.45) is 2.33. The molecule has 2 aromatic rings. The van der Waals surface area contributed by atoms with E-state index in [-0.39, 0.29) is 5.95 Å². The molecular formula is C11H9F3N4. The Balaban J connectivity index is 2.40. The minimum Gasteiger partial charge on any atom is -0.368 e. The predicted octanol–water partition coefficient (Wildman–Crippen LogP) is 2.07. The minimum absolute atomic E-state index is 0.0703. The summed E-state index contributed by atoms with van der Waals surface area (Å²) in [7, 11) is 0. The molecule has 2 N–H and O–H groups in total. The molecule has 0 fully saturated rings. The van der Waals surface area contributed by atoms with Gasteiger partial charge in [-0.25, -0.2) is 22.8 Å². The standard InChI is InChI=1S/C11H9F3N4/c1-6-5-18(11(15)17-6)16-4-7-8(12)2-3-9(13)10(7)14/h2-5H,1H3,(H2,15,17). The molecule has 0 saturated carbocycles. The molecule has 1 aromatic carbocycles. The molecule has 0 unspecified atom stereocenters. The number of nitrogens with zero attached hydrogens (tertiary/aromatic N) is 3. The molecule has 94 valence electrons. The van der Waals surface area contributed by atoms with Crippen LogP contribution in [0.15, 0.2) is 23.4 Å². The summed E-state index contributed by atoms with van der Waals surface area (Å²) >= 11 is 0. The average Bonchev–Trinajstić information content (AvgIpc) is 2.63. The van der Waals surface area contributed by atoms with E-state index in [1.165, 1.54) is 6.20 Å². The molecule has 0 aliphatic rings. The lowest BCUT2D eigenvalue weighted by Crippen LogP contribution is -2.01. The van der Waals surface area contributed by atoms with Crippen LogP contribution in [-0.2, 0) is 0 Å². The van der Waals surface area contributed by atoms with Gasteiger partial charge in [0.2, 0.25) is 5.95 Å². The Morgan fingerprint density at radius 3 is 2.56 bits per heavy atom. The zero-order valence-electron chi connectivity index (χ0n) is 9.36. The lowest BCUT2D eigenvalue weighted by Gasteiger charge is -2.00. The summed E-state index contributed by atoms with van der Waals surface area (Å²) in [6, 6.07) is 1.53. The Morgan fingerprint density at radius 2 is 1.94 bits per heavy atom. The van der Waals surface area contributed by atoms with E-state index in [4.69, 9.17) is 5.73 Å². The molecule has 1 heterocycles. The van der Waals surface area contributed by atoms with E-state index in [9.17, 15) is 13.2 Å². The summed E-state index contributed by atoms with van der Waals surface area (Å²) in [5.41, 5.74) is 5.52. The number of rotatable bonds is 2. The van der Waals surface area contributed by atoms with Crippen LogP contribution in [0.4, 0.5) is 19.1 Å². The maximum absolute atomic E-state index is 13.3. The van der Waals surface area contributed by atoms with Crippen LogP contribution in [0, 0.1) is 24.4 Å². The van der Waals surface area contributed by atoms with Crippen LogP contribution >= 0.6 is 0 Å². The summed E-state index contributed by atoms with van der Waals surface area (Å²) < 4.78 is 40.7. The molecule has 7 heteroatoms. The highest BCUT2D eigenvalue weighted by Crippen LogP contribution is 2.14. The van der Waals surface area contributed by atoms with Gasteiger partial charge in [0.25, 0.3) is 0 Å². The lowest BCUT2D eigenvalue weighted by atomic mass is 10.2. The van der Waals surface area contributed by atoms with Crippen molar-refractivity contribution in [2.75, 3.05) is 5.73 Å². The predicted molar refractivity (Wildman–Crippen MR) is 60.7 cm³/mol. The van der Waals surface area contributed by atoms with Crippen LogP contribution in [0.25, 0.3) is 0 Å². The van der Waals surface area contributed by atoms with E-state index in [1.807, 2.05) is 0 Å². The van der Waals surface area contributed by atoms with Gasteiger partial charge in [-0.15, -0.1) is 0 Å². The summed E-state index contributed by atoms with van der Waals surface area (Å²) in [6.45, 7) is 1.69. The number of nitrogens with two attached hydrogens (primary N) is 1. The number of anilines is 1. The van der Waals surface area contributed by atoms with Crippen molar-refractivity contribution in [2.24, 2.45) is 5.10 Å². The zero-order chi connectivity index (χ0) is 13.3. The van der Waals surface area contributed by atoms with Gasteiger partial charge in [0.15, 0.2) is 11.6 Å². The van der Waals surface area contributed by atoms with E-state index >= 15 is 0 Å². The van der Waals surface area contributed by atoms with Crippen molar-refractivity contribution in [1.29, 1.82) is 0 Å². The monoisotopic (exact) mass is 254 g/mol. The first-order valence-electron chi connectivity index (χ1n) is 4.98. The second-order valence-electron chi connectivity index (χ2n) is 3.59. The number of hydrogen-bond acceptors (Lipinski definition) is 3. The van der Waals surface area contributed by atoms with Gasteiger partial charge in [0, 0.05) is 0 Å². The number of benzene rings is 1. The first-order valence-corrected chi connectivity index (χ1v) is 4.98. The first kappa shape index (κ1) is 12.2. The molecule has 0 radical (unpaired) electrons. The van der Waals surface area contributed by atoms with Crippen molar-refractivity contribution in [3.63, 3.8) is 0 Å². The van der Waals surface area contributed by atoms with Crippen molar-refractivity contribution in [2.45, 2.75) is 6.92 Å². The van der Waals surface area contributed by atoms with Gasteiger partial charge in [-0.1, -0.05) is 0 Å².